The van der Waals surface area contributed by atoms with Crippen LogP contribution in [0.5, 0.6) is 0 Å². The van der Waals surface area contributed by atoms with E-state index in [1.807, 2.05) is 0 Å². The molecule has 4 aliphatic heterocycles. The molecule has 0 unspecified atom stereocenters. The fraction of sp³-hybridized carbons (Fsp3) is 0.127. The largest absolute Gasteiger partial charge is 0.411 e. The van der Waals surface area contributed by atoms with Gasteiger partial charge < -0.3 is 0 Å². The number of fused-ring (bicyclic) bond motifs is 2. The van der Waals surface area contributed by atoms with Crippen LogP contribution in [0.4, 0.5) is 49.1 Å². The maximum atomic E-state index is 15.5. The number of amides is 8. The number of carbonyl (C=O) groups excluding carboxylic acids is 8. The summed E-state index contributed by atoms with van der Waals surface area (Å²) in [5, 5.41) is 0. The lowest BCUT2D eigenvalue weighted by molar-refractivity contribution is -0.288. The van der Waals surface area contributed by atoms with Gasteiger partial charge in [-0.15, -0.1) is 0 Å². The Balaban J connectivity index is 0.884. The Labute approximate surface area is 410 Å². The highest BCUT2D eigenvalue weighted by molar-refractivity contribution is 6.36. The molecule has 0 saturated heterocycles. The van der Waals surface area contributed by atoms with Gasteiger partial charge in [-0.05, 0) is 133 Å². The zero-order valence-corrected chi connectivity index (χ0v) is 38.1. The third-order valence-corrected chi connectivity index (χ3v) is 13.3. The summed E-state index contributed by atoms with van der Waals surface area (Å²) in [6, 6.07) is 28.2. The molecule has 8 amide bonds. The molecule has 0 spiro atoms. The van der Waals surface area contributed by atoms with Crippen LogP contribution in [0.2, 0.25) is 0 Å². The van der Waals surface area contributed by atoms with Crippen LogP contribution in [0.3, 0.4) is 0 Å². The van der Waals surface area contributed by atoms with Crippen LogP contribution in [0.25, 0.3) is 0 Å². The third kappa shape index (κ3) is 7.64. The second-order valence-electron chi connectivity index (χ2n) is 17.8. The number of halogens is 6. The molecule has 0 radical (unpaired) electrons. The number of alkyl halides is 6. The van der Waals surface area contributed by atoms with E-state index >= 15 is 26.3 Å². The van der Waals surface area contributed by atoms with Gasteiger partial charge >= 0.3 is 12.4 Å². The van der Waals surface area contributed by atoms with Crippen molar-refractivity contribution in [2.75, 3.05) is 19.6 Å². The van der Waals surface area contributed by atoms with Crippen molar-refractivity contribution in [3.8, 4) is 0 Å². The monoisotopic (exact) mass is 992 g/mol. The molecule has 10 rings (SSSR count). The molecule has 6 aromatic carbocycles. The number of imide groups is 4. The standard InChI is InChI=1S/C55H34F6N4O8/c1-29-23-45(66)62(47(29)68)37-13-3-31(4-14-37)25-33-7-17-39(18-8-33)64-49(70)41-21-11-35(27-43(41)51(64)72)53(54(56,57)58,55(59,60)61)36-12-22-42-44(28-36)52(73)65(50(42)71)40-19-9-34(10-20-40)26-32-5-15-38(16-6-32)63-46(67)24-30(2)48(63)69/h3-24,27-28H,25-26H2,1-2H3. The minimum atomic E-state index is -6.17. The van der Waals surface area contributed by atoms with Crippen LogP contribution in [0.1, 0.15) is 88.7 Å². The van der Waals surface area contributed by atoms with Crippen molar-refractivity contribution in [3.05, 3.63) is 212 Å². The summed E-state index contributed by atoms with van der Waals surface area (Å²) in [5.41, 5.74) is -5.98. The van der Waals surface area contributed by atoms with Gasteiger partial charge in [-0.2, -0.15) is 26.3 Å². The Hall–Kier alpha value is -9.06. The lowest BCUT2D eigenvalue weighted by Gasteiger charge is -2.38. The molecule has 0 fully saturated rings. The predicted octanol–water partition coefficient (Wildman–Crippen LogP) is 9.52. The van der Waals surface area contributed by atoms with Gasteiger partial charge in [0.2, 0.25) is 5.41 Å². The molecule has 0 atom stereocenters. The normalized spacial score (nSPS) is 16.1. The van der Waals surface area contributed by atoms with Crippen molar-refractivity contribution < 1.29 is 64.7 Å². The number of benzene rings is 6. The number of rotatable bonds is 10. The quantitative estimate of drug-likeness (QED) is 0.0974. The molecule has 4 aliphatic rings. The summed E-state index contributed by atoms with van der Waals surface area (Å²) in [4.78, 5) is 108. The van der Waals surface area contributed by atoms with Crippen LogP contribution in [-0.2, 0) is 37.4 Å². The van der Waals surface area contributed by atoms with E-state index in [0.717, 1.165) is 33.1 Å². The smallest absolute Gasteiger partial charge is 0.269 e. The van der Waals surface area contributed by atoms with Crippen LogP contribution in [-0.4, -0.2) is 59.6 Å². The molecule has 12 nitrogen and oxygen atoms in total. The Morgan fingerprint density at radius 2 is 0.616 bits per heavy atom. The van der Waals surface area contributed by atoms with E-state index in [1.165, 1.54) is 50.3 Å². The third-order valence-electron chi connectivity index (χ3n) is 13.3. The van der Waals surface area contributed by atoms with Gasteiger partial charge in [-0.3, -0.25) is 38.4 Å². The Morgan fingerprint density at radius 1 is 0.342 bits per heavy atom. The fourth-order valence-corrected chi connectivity index (χ4v) is 9.59. The van der Waals surface area contributed by atoms with E-state index in [1.54, 1.807) is 72.8 Å². The molecule has 4 heterocycles. The average Bonchev–Trinajstić information content (AvgIpc) is 3.95. The van der Waals surface area contributed by atoms with Crippen molar-refractivity contribution in [2.24, 2.45) is 0 Å². The lowest BCUT2D eigenvalue weighted by atomic mass is 9.71. The van der Waals surface area contributed by atoms with Gasteiger partial charge in [0.05, 0.1) is 45.0 Å². The summed E-state index contributed by atoms with van der Waals surface area (Å²) >= 11 is 0. The summed E-state index contributed by atoms with van der Waals surface area (Å²) in [5.74, 6) is -6.18. The Morgan fingerprint density at radius 3 is 0.877 bits per heavy atom. The second-order valence-corrected chi connectivity index (χ2v) is 17.8. The highest BCUT2D eigenvalue weighted by Crippen LogP contribution is 2.57. The molecular formula is C55H34F6N4O8. The number of nitrogens with zero attached hydrogens (tertiary/aromatic N) is 4. The Bertz CT molecular complexity index is 3280. The van der Waals surface area contributed by atoms with E-state index < -0.39 is 98.4 Å². The topological polar surface area (TPSA) is 150 Å². The van der Waals surface area contributed by atoms with Crippen molar-refractivity contribution >= 4 is 70.0 Å². The van der Waals surface area contributed by atoms with E-state index in [-0.39, 0.29) is 11.4 Å². The summed E-state index contributed by atoms with van der Waals surface area (Å²) in [7, 11) is 0. The number of hydrogen-bond donors (Lipinski definition) is 0. The molecule has 0 aliphatic carbocycles. The molecule has 6 aromatic rings. The molecule has 0 aromatic heterocycles. The second kappa shape index (κ2) is 17.1. The van der Waals surface area contributed by atoms with Crippen LogP contribution in [0.15, 0.2) is 157 Å². The maximum Gasteiger partial charge on any atom is 0.411 e. The Kier molecular flexibility index (Phi) is 11.1. The SMILES string of the molecule is CC1=CC(=O)N(c2ccc(Cc3ccc(N4C(=O)c5ccc(C(c6ccc7c(c6)C(=O)N(c6ccc(Cc8ccc(N9C(=O)C=C(C)C9=O)cc8)cc6)C7=O)(C(F)(F)F)C(F)(F)F)cc5C4=O)cc3)cc2)C1=O. The van der Waals surface area contributed by atoms with E-state index in [9.17, 15) is 38.4 Å². The van der Waals surface area contributed by atoms with Crippen molar-refractivity contribution in [2.45, 2.75) is 44.5 Å². The van der Waals surface area contributed by atoms with E-state index in [4.69, 9.17) is 0 Å². The maximum absolute atomic E-state index is 15.5. The zero-order valence-electron chi connectivity index (χ0n) is 38.1. The number of hydrogen-bond acceptors (Lipinski definition) is 8. The highest BCUT2D eigenvalue weighted by atomic mass is 19.4. The van der Waals surface area contributed by atoms with Gasteiger partial charge in [0.1, 0.15) is 0 Å². The minimum absolute atomic E-state index is 0.0188. The summed E-state index contributed by atoms with van der Waals surface area (Å²) in [6.45, 7) is 3.06. The van der Waals surface area contributed by atoms with E-state index in [0.29, 0.717) is 80.6 Å². The first-order valence-corrected chi connectivity index (χ1v) is 22.3. The molecule has 0 N–H and O–H groups in total. The predicted molar refractivity (Wildman–Crippen MR) is 252 cm³/mol. The van der Waals surface area contributed by atoms with Gasteiger partial charge in [0.15, 0.2) is 0 Å². The van der Waals surface area contributed by atoms with Crippen molar-refractivity contribution in [1.29, 1.82) is 0 Å². The van der Waals surface area contributed by atoms with Gasteiger partial charge in [-0.1, -0.05) is 60.7 Å². The molecule has 0 saturated carbocycles. The highest BCUT2D eigenvalue weighted by Gasteiger charge is 2.73. The molecule has 73 heavy (non-hydrogen) atoms. The minimum Gasteiger partial charge on any atom is -0.269 e. The average molecular weight is 993 g/mol. The summed E-state index contributed by atoms with van der Waals surface area (Å²) < 4.78 is 93.2. The number of anilines is 4. The van der Waals surface area contributed by atoms with Gasteiger partial charge in [0.25, 0.3) is 47.3 Å². The van der Waals surface area contributed by atoms with Crippen molar-refractivity contribution in [1.82, 2.24) is 0 Å². The molecular weight excluding hydrogens is 959 g/mol. The first-order valence-electron chi connectivity index (χ1n) is 22.3. The van der Waals surface area contributed by atoms with Gasteiger partial charge in [-0.25, -0.2) is 19.6 Å². The summed E-state index contributed by atoms with van der Waals surface area (Å²) in [6.07, 6.45) is -9.22. The van der Waals surface area contributed by atoms with Crippen LogP contribution in [0, 0.1) is 0 Å². The van der Waals surface area contributed by atoms with Gasteiger partial charge in [0, 0.05) is 23.3 Å². The first-order chi connectivity index (χ1) is 34.6. The first kappa shape index (κ1) is 47.6. The molecule has 18 heteroatoms. The van der Waals surface area contributed by atoms with Crippen LogP contribution >= 0.6 is 0 Å². The number of carbonyl (C=O) groups is 8. The molecule has 0 bridgehead atoms. The molecule has 364 valence electrons. The van der Waals surface area contributed by atoms with Crippen molar-refractivity contribution in [3.63, 3.8) is 0 Å². The lowest BCUT2D eigenvalue weighted by Crippen LogP contribution is -2.55. The fourth-order valence-electron chi connectivity index (χ4n) is 9.59. The van der Waals surface area contributed by atoms with E-state index in [2.05, 4.69) is 0 Å². The van der Waals surface area contributed by atoms with Crippen LogP contribution < -0.4 is 19.6 Å². The zero-order chi connectivity index (χ0) is 52.1.